The van der Waals surface area contributed by atoms with Crippen LogP contribution >= 0.6 is 11.3 Å². The molecule has 2 heterocycles. The third kappa shape index (κ3) is 3.36. The number of thiophene rings is 1. The van der Waals surface area contributed by atoms with Gasteiger partial charge in [-0.05, 0) is 24.3 Å². The Morgan fingerprint density at radius 3 is 3.11 bits per heavy atom. The van der Waals surface area contributed by atoms with Gasteiger partial charge in [-0.25, -0.2) is 0 Å². The van der Waals surface area contributed by atoms with Crippen LogP contribution in [0.25, 0.3) is 0 Å². The van der Waals surface area contributed by atoms with Crippen LogP contribution in [0.4, 0.5) is 0 Å². The first kappa shape index (κ1) is 13.6. The zero-order valence-corrected chi connectivity index (χ0v) is 11.4. The zero-order valence-electron chi connectivity index (χ0n) is 10.6. The monoisotopic (exact) mass is 276 g/mol. The van der Waals surface area contributed by atoms with E-state index in [0.717, 1.165) is 11.3 Å². The second-order valence-electron chi connectivity index (χ2n) is 4.42. The van der Waals surface area contributed by atoms with Crippen LogP contribution in [0.5, 0.6) is 0 Å². The third-order valence-corrected chi connectivity index (χ3v) is 4.02. The van der Waals surface area contributed by atoms with Crippen molar-refractivity contribution in [1.82, 2.24) is 10.2 Å². The Labute approximate surface area is 116 Å². The quantitative estimate of drug-likeness (QED) is 0.835. The van der Waals surface area contributed by atoms with Gasteiger partial charge in [0.1, 0.15) is 6.04 Å². The fourth-order valence-corrected chi connectivity index (χ4v) is 2.95. The molecule has 1 aliphatic heterocycles. The molecule has 2 amide bonds. The molecule has 1 aromatic heterocycles. The molecule has 0 saturated carbocycles. The summed E-state index contributed by atoms with van der Waals surface area (Å²) < 4.78 is 0. The summed E-state index contributed by atoms with van der Waals surface area (Å²) >= 11 is 1.56. The Morgan fingerprint density at radius 1 is 1.58 bits per heavy atom. The van der Waals surface area contributed by atoms with Crippen molar-refractivity contribution >= 4 is 23.2 Å². The van der Waals surface area contributed by atoms with Gasteiger partial charge >= 0.3 is 0 Å². The molecule has 1 aromatic rings. The minimum atomic E-state index is -0.360. The van der Waals surface area contributed by atoms with Crippen molar-refractivity contribution < 1.29 is 9.59 Å². The summed E-state index contributed by atoms with van der Waals surface area (Å²) in [6, 6.07) is 3.50. The Morgan fingerprint density at radius 2 is 2.42 bits per heavy atom. The molecule has 0 spiro atoms. The SMILES string of the molecule is C#CCNC(=O)C1CCCN1C(=O)Cc1cccs1. The highest BCUT2D eigenvalue weighted by atomic mass is 32.1. The van der Waals surface area contributed by atoms with E-state index >= 15 is 0 Å². The van der Waals surface area contributed by atoms with Crippen LogP contribution in [-0.4, -0.2) is 35.8 Å². The van der Waals surface area contributed by atoms with Crippen molar-refractivity contribution in [3.05, 3.63) is 22.4 Å². The summed E-state index contributed by atoms with van der Waals surface area (Å²) in [5.74, 6) is 2.24. The summed E-state index contributed by atoms with van der Waals surface area (Å²) in [6.07, 6.45) is 7.07. The lowest BCUT2D eigenvalue weighted by molar-refractivity contribution is -0.137. The molecule has 100 valence electrons. The van der Waals surface area contributed by atoms with Crippen LogP contribution in [-0.2, 0) is 16.0 Å². The number of carbonyl (C=O) groups excluding carboxylic acids is 2. The first-order valence-corrected chi connectivity index (χ1v) is 7.13. The number of hydrogen-bond acceptors (Lipinski definition) is 3. The lowest BCUT2D eigenvalue weighted by Crippen LogP contribution is -2.46. The molecule has 0 radical (unpaired) electrons. The first-order chi connectivity index (χ1) is 9.22. The van der Waals surface area contributed by atoms with E-state index in [1.165, 1.54) is 0 Å². The molecule has 5 heteroatoms. The van der Waals surface area contributed by atoms with E-state index in [1.807, 2.05) is 17.5 Å². The van der Waals surface area contributed by atoms with Crippen molar-refractivity contribution in [1.29, 1.82) is 0 Å². The standard InChI is InChI=1S/C14H16N2O2S/c1-2-7-15-14(18)12-6-3-8-16(12)13(17)10-11-5-4-9-19-11/h1,4-5,9,12H,3,6-8,10H2,(H,15,18). The number of terminal acetylenes is 1. The minimum Gasteiger partial charge on any atom is -0.343 e. The van der Waals surface area contributed by atoms with E-state index in [-0.39, 0.29) is 24.4 Å². The van der Waals surface area contributed by atoms with E-state index in [1.54, 1.807) is 16.2 Å². The molecule has 1 N–H and O–H groups in total. The molecule has 4 nitrogen and oxygen atoms in total. The largest absolute Gasteiger partial charge is 0.343 e. The van der Waals surface area contributed by atoms with Gasteiger partial charge in [0.15, 0.2) is 0 Å². The Kier molecular flexibility index (Phi) is 4.58. The van der Waals surface area contributed by atoms with Crippen molar-refractivity contribution in [3.63, 3.8) is 0 Å². The van der Waals surface area contributed by atoms with Gasteiger partial charge in [-0.1, -0.05) is 12.0 Å². The van der Waals surface area contributed by atoms with Crippen molar-refractivity contribution in [2.45, 2.75) is 25.3 Å². The maximum absolute atomic E-state index is 12.2. The fraction of sp³-hybridized carbons (Fsp3) is 0.429. The summed E-state index contributed by atoms with van der Waals surface area (Å²) in [5, 5.41) is 4.60. The van der Waals surface area contributed by atoms with Crippen LogP contribution in [0.1, 0.15) is 17.7 Å². The van der Waals surface area contributed by atoms with Gasteiger partial charge in [-0.15, -0.1) is 17.8 Å². The van der Waals surface area contributed by atoms with E-state index in [4.69, 9.17) is 6.42 Å². The molecular formula is C14H16N2O2S. The number of carbonyl (C=O) groups is 2. The normalized spacial score (nSPS) is 18.1. The maximum atomic E-state index is 12.2. The molecule has 1 atom stereocenters. The van der Waals surface area contributed by atoms with E-state index in [0.29, 0.717) is 19.4 Å². The minimum absolute atomic E-state index is 0.0146. The lowest BCUT2D eigenvalue weighted by atomic mass is 10.2. The van der Waals surface area contributed by atoms with Gasteiger partial charge < -0.3 is 10.2 Å². The molecule has 0 aromatic carbocycles. The Balaban J connectivity index is 1.96. The van der Waals surface area contributed by atoms with Gasteiger partial charge in [0.25, 0.3) is 0 Å². The summed E-state index contributed by atoms with van der Waals surface area (Å²) in [5.41, 5.74) is 0. The van der Waals surface area contributed by atoms with Crippen LogP contribution in [0, 0.1) is 12.3 Å². The average Bonchev–Trinajstić information content (AvgIpc) is 3.05. The smallest absolute Gasteiger partial charge is 0.243 e. The molecule has 1 unspecified atom stereocenters. The molecular weight excluding hydrogens is 260 g/mol. The third-order valence-electron chi connectivity index (χ3n) is 3.15. The predicted molar refractivity (Wildman–Crippen MR) is 74.6 cm³/mol. The number of likely N-dealkylation sites (tertiary alicyclic amines) is 1. The number of rotatable bonds is 4. The second-order valence-corrected chi connectivity index (χ2v) is 5.46. The summed E-state index contributed by atoms with van der Waals surface area (Å²) in [6.45, 7) is 0.862. The first-order valence-electron chi connectivity index (χ1n) is 6.25. The summed E-state index contributed by atoms with van der Waals surface area (Å²) in [7, 11) is 0. The highest BCUT2D eigenvalue weighted by Gasteiger charge is 2.33. The average molecular weight is 276 g/mol. The zero-order chi connectivity index (χ0) is 13.7. The molecule has 19 heavy (non-hydrogen) atoms. The second kappa shape index (κ2) is 6.39. The molecule has 2 rings (SSSR count). The van der Waals surface area contributed by atoms with E-state index < -0.39 is 0 Å². The highest BCUT2D eigenvalue weighted by molar-refractivity contribution is 7.10. The van der Waals surface area contributed by atoms with Crippen LogP contribution in [0.3, 0.4) is 0 Å². The van der Waals surface area contributed by atoms with Gasteiger partial charge in [-0.3, -0.25) is 9.59 Å². The van der Waals surface area contributed by atoms with Gasteiger partial charge in [-0.2, -0.15) is 0 Å². The van der Waals surface area contributed by atoms with Gasteiger partial charge in [0, 0.05) is 11.4 Å². The van der Waals surface area contributed by atoms with Crippen molar-refractivity contribution in [3.8, 4) is 12.3 Å². The number of nitrogens with one attached hydrogen (secondary N) is 1. The van der Waals surface area contributed by atoms with Gasteiger partial charge in [0.05, 0.1) is 13.0 Å². The molecule has 1 aliphatic rings. The predicted octanol–water partition coefficient (Wildman–Crippen LogP) is 1.03. The molecule has 0 aliphatic carbocycles. The van der Waals surface area contributed by atoms with Crippen LogP contribution in [0.15, 0.2) is 17.5 Å². The van der Waals surface area contributed by atoms with Crippen molar-refractivity contribution in [2.24, 2.45) is 0 Å². The van der Waals surface area contributed by atoms with Gasteiger partial charge in [0.2, 0.25) is 11.8 Å². The van der Waals surface area contributed by atoms with Crippen molar-refractivity contribution in [2.75, 3.05) is 13.1 Å². The maximum Gasteiger partial charge on any atom is 0.243 e. The Hall–Kier alpha value is -1.80. The molecule has 0 bridgehead atoms. The van der Waals surface area contributed by atoms with E-state index in [9.17, 15) is 9.59 Å². The topological polar surface area (TPSA) is 49.4 Å². The van der Waals surface area contributed by atoms with Crippen LogP contribution in [0.2, 0.25) is 0 Å². The van der Waals surface area contributed by atoms with Crippen LogP contribution < -0.4 is 5.32 Å². The van der Waals surface area contributed by atoms with E-state index in [2.05, 4.69) is 11.2 Å². The Bertz CT molecular complexity index is 490. The number of amides is 2. The fourth-order valence-electron chi connectivity index (χ4n) is 2.26. The lowest BCUT2D eigenvalue weighted by Gasteiger charge is -2.23. The number of nitrogens with zero attached hydrogens (tertiary/aromatic N) is 1. The molecule has 1 fully saturated rings. The number of hydrogen-bond donors (Lipinski definition) is 1. The highest BCUT2D eigenvalue weighted by Crippen LogP contribution is 2.20. The molecule has 1 saturated heterocycles. The summed E-state index contributed by atoms with van der Waals surface area (Å²) in [4.78, 5) is 26.8.